The van der Waals surface area contributed by atoms with Gasteiger partial charge in [-0.15, -0.1) is 0 Å². The van der Waals surface area contributed by atoms with E-state index in [0.29, 0.717) is 28.2 Å². The van der Waals surface area contributed by atoms with Crippen LogP contribution in [-0.4, -0.2) is 30.2 Å². The van der Waals surface area contributed by atoms with Crippen LogP contribution >= 0.6 is 0 Å². The monoisotopic (exact) mass is 415 g/mol. The summed E-state index contributed by atoms with van der Waals surface area (Å²) in [6.07, 6.45) is 11.4. The van der Waals surface area contributed by atoms with E-state index < -0.39 is 0 Å². The van der Waals surface area contributed by atoms with Gasteiger partial charge in [-0.2, -0.15) is 0 Å². The lowest BCUT2D eigenvalue weighted by molar-refractivity contribution is 0.288. The minimum absolute atomic E-state index is 0.0353. The van der Waals surface area contributed by atoms with Crippen molar-refractivity contribution in [1.82, 2.24) is 4.90 Å². The Labute approximate surface area is 180 Å². The average molecular weight is 416 g/mol. The highest BCUT2D eigenvalue weighted by Gasteiger charge is 2.12. The van der Waals surface area contributed by atoms with Gasteiger partial charge in [0.1, 0.15) is 5.75 Å². The minimum Gasteiger partial charge on any atom is -0.507 e. The molecule has 1 fully saturated rings. The molecule has 0 spiro atoms. The van der Waals surface area contributed by atoms with Crippen LogP contribution in [0.5, 0.6) is 5.75 Å². The first-order chi connectivity index (χ1) is 14.4. The van der Waals surface area contributed by atoms with Gasteiger partial charge in [0.2, 0.25) is 0 Å². The van der Waals surface area contributed by atoms with E-state index in [1.807, 2.05) is 0 Å². The van der Waals surface area contributed by atoms with Crippen molar-refractivity contribution in [1.29, 1.82) is 0 Å². The lowest BCUT2D eigenvalue weighted by Gasteiger charge is -2.16. The quantitative estimate of drug-likeness (QED) is 0.341. The number of benzene rings is 1. The fraction of sp³-hybridized carbons (Fsp3) is 0.391. The zero-order chi connectivity index (χ0) is 22.5. The highest BCUT2D eigenvalue weighted by atomic mass is 16.5. The molecule has 1 heterocycles. The highest BCUT2D eigenvalue weighted by molar-refractivity contribution is 5.78. The smallest absolute Gasteiger partial charge is 0.184 e. The zero-order valence-corrected chi connectivity index (χ0v) is 18.4. The molecule has 1 aromatic rings. The highest BCUT2D eigenvalue weighted by Crippen LogP contribution is 2.27. The molecule has 166 valence electrons. The molecule has 9 N–H and O–H groups in total. The third kappa shape index (κ3) is 7.66. The number of phenolic OH excluding ortho intramolecular Hbond substituents is 1. The van der Waals surface area contributed by atoms with Gasteiger partial charge in [-0.3, -0.25) is 0 Å². The van der Waals surface area contributed by atoms with E-state index in [1.54, 1.807) is 36.4 Å². The molecule has 0 amide bonds. The minimum atomic E-state index is 0.0353. The fourth-order valence-electron chi connectivity index (χ4n) is 2.74. The molecular weight excluding hydrogens is 378 g/mol. The van der Waals surface area contributed by atoms with Crippen molar-refractivity contribution in [2.75, 3.05) is 20.2 Å². The van der Waals surface area contributed by atoms with Crippen LogP contribution in [0.4, 0.5) is 0 Å². The molecule has 0 radical (unpaired) electrons. The average Bonchev–Trinajstić information content (AvgIpc) is 3.30. The van der Waals surface area contributed by atoms with Crippen LogP contribution in [-0.2, 0) is 4.74 Å². The molecule has 0 atom stereocenters. The summed E-state index contributed by atoms with van der Waals surface area (Å²) in [5.41, 5.74) is 25.7. The molecular formula is C23H37N5O2. The summed E-state index contributed by atoms with van der Waals surface area (Å²) in [6.45, 7) is 6.28. The van der Waals surface area contributed by atoms with Crippen molar-refractivity contribution >= 4 is 11.3 Å². The maximum absolute atomic E-state index is 10.3. The number of likely N-dealkylation sites (tertiary alicyclic amines) is 1. The van der Waals surface area contributed by atoms with Crippen LogP contribution in [0, 0.1) is 0 Å². The number of hydrogen-bond donors (Lipinski definition) is 5. The van der Waals surface area contributed by atoms with Gasteiger partial charge in [0.05, 0.1) is 12.9 Å². The number of nitrogens with zero attached hydrogens (tertiary/aromatic N) is 1. The van der Waals surface area contributed by atoms with E-state index in [4.69, 9.17) is 27.7 Å². The van der Waals surface area contributed by atoms with Crippen molar-refractivity contribution < 1.29 is 9.84 Å². The maximum atomic E-state index is 10.3. The predicted octanol–water partition coefficient (Wildman–Crippen LogP) is 3.14. The third-order valence-corrected chi connectivity index (χ3v) is 4.76. The standard InChI is InChI=1S/C19H27N5O2.C4H10/c1-26-19(23)11-14(12-20)13-4-5-15(17(25)10-13)16(21)6-7-18(22)24-8-2-3-9-24;1-3-4-2/h4-7,10-12,25H,2-3,8-9,20-23H2,1H3;3-4H2,1-2H3/b14-12+,16-6-,18-7+,19-11+;. The second-order valence-corrected chi connectivity index (χ2v) is 7.01. The molecule has 7 heteroatoms. The Hall–Kier alpha value is -3.22. The number of unbranched alkanes of at least 4 members (excludes halogenated alkanes) is 1. The van der Waals surface area contributed by atoms with E-state index in [1.165, 1.54) is 26.2 Å². The number of ether oxygens (including phenoxy) is 1. The van der Waals surface area contributed by atoms with Gasteiger partial charge in [-0.05, 0) is 42.7 Å². The normalized spacial score (nSPS) is 15.6. The summed E-state index contributed by atoms with van der Waals surface area (Å²) in [5.74, 6) is 0.926. The molecule has 0 bridgehead atoms. The molecule has 0 unspecified atom stereocenters. The van der Waals surface area contributed by atoms with Gasteiger partial charge in [0, 0.05) is 42.2 Å². The largest absolute Gasteiger partial charge is 0.507 e. The van der Waals surface area contributed by atoms with Crippen molar-refractivity contribution in [2.45, 2.75) is 39.5 Å². The second kappa shape index (κ2) is 13.1. The summed E-state index contributed by atoms with van der Waals surface area (Å²) in [6, 6.07) is 5.08. The Balaban J connectivity index is 0.00000103. The Morgan fingerprint density at radius 3 is 2.23 bits per heavy atom. The predicted molar refractivity (Wildman–Crippen MR) is 125 cm³/mol. The summed E-state index contributed by atoms with van der Waals surface area (Å²) >= 11 is 0. The Morgan fingerprint density at radius 2 is 1.73 bits per heavy atom. The van der Waals surface area contributed by atoms with Gasteiger partial charge in [0.25, 0.3) is 0 Å². The van der Waals surface area contributed by atoms with E-state index in [0.717, 1.165) is 25.9 Å². The van der Waals surface area contributed by atoms with E-state index in [-0.39, 0.29) is 11.6 Å². The molecule has 0 aliphatic carbocycles. The van der Waals surface area contributed by atoms with Crippen molar-refractivity contribution in [3.8, 4) is 5.75 Å². The molecule has 7 nitrogen and oxygen atoms in total. The molecule has 0 saturated carbocycles. The van der Waals surface area contributed by atoms with Gasteiger partial charge in [0.15, 0.2) is 5.88 Å². The summed E-state index contributed by atoms with van der Waals surface area (Å²) in [7, 11) is 1.47. The maximum Gasteiger partial charge on any atom is 0.184 e. The zero-order valence-electron chi connectivity index (χ0n) is 18.4. The van der Waals surface area contributed by atoms with Gasteiger partial charge < -0.3 is 37.7 Å². The molecule has 1 aliphatic rings. The topological polar surface area (TPSA) is 137 Å². The first-order valence-electron chi connectivity index (χ1n) is 10.3. The first-order valence-corrected chi connectivity index (χ1v) is 10.3. The van der Waals surface area contributed by atoms with Crippen LogP contribution in [0.3, 0.4) is 0 Å². The van der Waals surface area contributed by atoms with Gasteiger partial charge in [-0.25, -0.2) is 0 Å². The van der Waals surface area contributed by atoms with Crippen molar-refractivity contribution in [3.63, 3.8) is 0 Å². The van der Waals surface area contributed by atoms with Crippen LogP contribution in [0.2, 0.25) is 0 Å². The third-order valence-electron chi connectivity index (χ3n) is 4.76. The molecule has 1 aromatic carbocycles. The molecule has 30 heavy (non-hydrogen) atoms. The Bertz CT molecular complexity index is 789. The summed E-state index contributed by atoms with van der Waals surface area (Å²) < 4.78 is 4.92. The molecule has 2 rings (SSSR count). The number of hydrogen-bond acceptors (Lipinski definition) is 7. The van der Waals surface area contributed by atoms with Crippen molar-refractivity contribution in [2.24, 2.45) is 22.9 Å². The van der Waals surface area contributed by atoms with E-state index >= 15 is 0 Å². The van der Waals surface area contributed by atoms with Crippen LogP contribution in [0.15, 0.2) is 54.3 Å². The Morgan fingerprint density at radius 1 is 1.10 bits per heavy atom. The lowest BCUT2D eigenvalue weighted by atomic mass is 10.0. The number of aromatic hydroxyl groups is 1. The number of rotatable bonds is 7. The number of allylic oxidation sites excluding steroid dienone is 4. The molecule has 1 aliphatic heterocycles. The second-order valence-electron chi connectivity index (χ2n) is 7.01. The first kappa shape index (κ1) is 24.8. The van der Waals surface area contributed by atoms with Gasteiger partial charge in [-0.1, -0.05) is 32.8 Å². The van der Waals surface area contributed by atoms with E-state index in [9.17, 15) is 5.11 Å². The van der Waals surface area contributed by atoms with Crippen LogP contribution < -0.4 is 22.9 Å². The molecule has 0 aromatic heterocycles. The van der Waals surface area contributed by atoms with Crippen LogP contribution in [0.1, 0.15) is 50.7 Å². The molecule has 1 saturated heterocycles. The lowest BCUT2D eigenvalue weighted by Crippen LogP contribution is -2.24. The Kier molecular flexibility index (Phi) is 10.8. The fourth-order valence-corrected chi connectivity index (χ4v) is 2.74. The van der Waals surface area contributed by atoms with Gasteiger partial charge >= 0.3 is 0 Å². The number of methoxy groups -OCH3 is 1. The summed E-state index contributed by atoms with van der Waals surface area (Å²) in [4.78, 5) is 2.11. The SMILES string of the molecule is CCCC.CO/C(N)=C/C(=C\N)c1ccc(/C(N)=C/C=C(\N)N2CCCC2)c(O)c1. The van der Waals surface area contributed by atoms with E-state index in [2.05, 4.69) is 18.7 Å². The number of phenols is 1. The number of nitrogens with two attached hydrogens (primary N) is 4. The summed E-state index contributed by atoms with van der Waals surface area (Å²) in [5, 5.41) is 10.3. The van der Waals surface area contributed by atoms with Crippen LogP contribution in [0.25, 0.3) is 11.3 Å². The van der Waals surface area contributed by atoms with Crippen molar-refractivity contribution in [3.05, 3.63) is 65.5 Å².